The SMILES string of the molecule is C1C2CC3CC34CC4C3CC3C12. The lowest BCUT2D eigenvalue weighted by Gasteiger charge is -2.03. The maximum absolute atomic E-state index is 1.66. The second-order valence-corrected chi connectivity index (χ2v) is 6.40. The lowest BCUT2D eigenvalue weighted by Crippen LogP contribution is -1.98. The summed E-state index contributed by atoms with van der Waals surface area (Å²) in [6, 6.07) is 0. The van der Waals surface area contributed by atoms with Crippen LogP contribution in [0.2, 0.25) is 0 Å². The van der Waals surface area contributed by atoms with Crippen molar-refractivity contribution in [2.45, 2.75) is 32.1 Å². The number of hydrogen-bond acceptors (Lipinski definition) is 0. The van der Waals surface area contributed by atoms with Gasteiger partial charge in [0.1, 0.15) is 0 Å². The molecule has 0 aromatic carbocycles. The Labute approximate surface area is 73.7 Å². The molecule has 0 bridgehead atoms. The summed E-state index contributed by atoms with van der Waals surface area (Å²) in [4.78, 5) is 0. The molecule has 0 saturated heterocycles. The van der Waals surface area contributed by atoms with Gasteiger partial charge in [-0.05, 0) is 73.0 Å². The quantitative estimate of drug-likeness (QED) is 0.511. The summed E-state index contributed by atoms with van der Waals surface area (Å²) in [7, 11) is 0. The van der Waals surface area contributed by atoms with E-state index in [0.717, 1.165) is 5.41 Å². The van der Waals surface area contributed by atoms with Gasteiger partial charge in [-0.2, -0.15) is 0 Å². The smallest absolute Gasteiger partial charge is 0.0232 e. The minimum atomic E-state index is 1.01. The molecule has 0 heteroatoms. The highest BCUT2D eigenvalue weighted by molar-refractivity contribution is 5.26. The lowest BCUT2D eigenvalue weighted by atomic mass is 10.0. The van der Waals surface area contributed by atoms with E-state index in [2.05, 4.69) is 0 Å². The maximum Gasteiger partial charge on any atom is -0.0232 e. The molecule has 5 rings (SSSR count). The Hall–Kier alpha value is 0. The Bertz CT molecular complexity index is 282. The Morgan fingerprint density at radius 2 is 1.83 bits per heavy atom. The van der Waals surface area contributed by atoms with Gasteiger partial charge in [-0.3, -0.25) is 0 Å². The fraction of sp³-hybridized carbons (Fsp3) is 1.00. The van der Waals surface area contributed by atoms with Crippen LogP contribution in [0.3, 0.4) is 0 Å². The van der Waals surface area contributed by atoms with Gasteiger partial charge in [0.25, 0.3) is 0 Å². The van der Waals surface area contributed by atoms with Crippen LogP contribution in [0.4, 0.5) is 0 Å². The molecule has 12 heavy (non-hydrogen) atoms. The molecule has 5 aliphatic rings. The summed E-state index contributed by atoms with van der Waals surface area (Å²) in [5.41, 5.74) is 1.01. The van der Waals surface area contributed by atoms with Gasteiger partial charge in [0.15, 0.2) is 0 Å². The fourth-order valence-electron chi connectivity index (χ4n) is 4.97. The van der Waals surface area contributed by atoms with E-state index in [-0.39, 0.29) is 0 Å². The first kappa shape index (κ1) is 5.67. The first-order valence-electron chi connectivity index (χ1n) is 5.88. The summed E-state index contributed by atoms with van der Waals surface area (Å²) in [5.74, 6) is 7.47. The number of hydrogen-bond donors (Lipinski definition) is 0. The van der Waals surface area contributed by atoms with Crippen molar-refractivity contribution in [3.8, 4) is 0 Å². The monoisotopic (exact) mass is 160 g/mol. The van der Waals surface area contributed by atoms with Gasteiger partial charge in [0, 0.05) is 0 Å². The Kier molecular flexibility index (Phi) is 0.618. The zero-order valence-corrected chi connectivity index (χ0v) is 7.50. The second kappa shape index (κ2) is 1.31. The average Bonchev–Trinajstić information content (AvgIpc) is 2.90. The lowest BCUT2D eigenvalue weighted by molar-refractivity contribution is 0.442. The number of rotatable bonds is 0. The van der Waals surface area contributed by atoms with Crippen LogP contribution in [0.15, 0.2) is 0 Å². The zero-order valence-electron chi connectivity index (χ0n) is 7.50. The predicted octanol–water partition coefficient (Wildman–Crippen LogP) is 2.69. The van der Waals surface area contributed by atoms with Gasteiger partial charge < -0.3 is 0 Å². The molecule has 64 valence electrons. The molecule has 7 unspecified atom stereocenters. The van der Waals surface area contributed by atoms with E-state index >= 15 is 0 Å². The van der Waals surface area contributed by atoms with Gasteiger partial charge in [-0.1, -0.05) is 0 Å². The highest BCUT2D eigenvalue weighted by Crippen LogP contribution is 2.85. The summed E-state index contributed by atoms with van der Waals surface area (Å²) >= 11 is 0. The van der Waals surface area contributed by atoms with E-state index in [4.69, 9.17) is 0 Å². The normalized spacial score (nSPS) is 80.0. The molecule has 0 radical (unpaired) electrons. The number of fused-ring (bicyclic) bond motifs is 4. The van der Waals surface area contributed by atoms with Crippen LogP contribution in [0.5, 0.6) is 0 Å². The topological polar surface area (TPSA) is 0 Å². The van der Waals surface area contributed by atoms with Gasteiger partial charge in [-0.15, -0.1) is 0 Å². The van der Waals surface area contributed by atoms with Gasteiger partial charge >= 0.3 is 0 Å². The highest BCUT2D eigenvalue weighted by atomic mass is 14.8. The van der Waals surface area contributed by atoms with Crippen LogP contribution >= 0.6 is 0 Å². The Morgan fingerprint density at radius 1 is 0.833 bits per heavy atom. The van der Waals surface area contributed by atoms with Crippen LogP contribution in [-0.2, 0) is 0 Å². The third kappa shape index (κ3) is 0.459. The van der Waals surface area contributed by atoms with E-state index in [9.17, 15) is 0 Å². The molecule has 5 saturated carbocycles. The predicted molar refractivity (Wildman–Crippen MR) is 46.5 cm³/mol. The zero-order chi connectivity index (χ0) is 7.50. The van der Waals surface area contributed by atoms with E-state index in [1.807, 2.05) is 0 Å². The molecule has 0 nitrogen and oxygen atoms in total. The van der Waals surface area contributed by atoms with Crippen LogP contribution in [0.25, 0.3) is 0 Å². The summed E-state index contributed by atoms with van der Waals surface area (Å²) in [6.07, 6.45) is 8.27. The average molecular weight is 160 g/mol. The van der Waals surface area contributed by atoms with Crippen LogP contribution < -0.4 is 0 Å². The van der Waals surface area contributed by atoms with Crippen molar-refractivity contribution < 1.29 is 0 Å². The molecule has 0 heterocycles. The van der Waals surface area contributed by atoms with E-state index < -0.39 is 0 Å². The van der Waals surface area contributed by atoms with Crippen LogP contribution in [0, 0.1) is 40.9 Å². The molecule has 5 aliphatic carbocycles. The molecule has 0 aromatic rings. The minimum Gasteiger partial charge on any atom is -0.0468 e. The molecule has 0 aliphatic heterocycles. The van der Waals surface area contributed by atoms with Crippen molar-refractivity contribution in [3.63, 3.8) is 0 Å². The first-order chi connectivity index (χ1) is 5.88. The summed E-state index contributed by atoms with van der Waals surface area (Å²) in [5, 5.41) is 0. The standard InChI is InChI=1S/C12H16/c1-6-2-8(6)9-3-10(9)11-5-12(11)4-7(1)12/h6-11H,1-5H2. The minimum absolute atomic E-state index is 1.01. The molecular formula is C12H16. The maximum atomic E-state index is 1.66. The van der Waals surface area contributed by atoms with Crippen molar-refractivity contribution in [1.29, 1.82) is 0 Å². The molecule has 1 spiro atoms. The van der Waals surface area contributed by atoms with E-state index in [1.165, 1.54) is 35.5 Å². The third-order valence-electron chi connectivity index (χ3n) is 5.98. The Morgan fingerprint density at radius 3 is 2.83 bits per heavy atom. The highest BCUT2D eigenvalue weighted by Gasteiger charge is 2.77. The molecule has 0 N–H and O–H groups in total. The van der Waals surface area contributed by atoms with Crippen molar-refractivity contribution in [1.82, 2.24) is 0 Å². The molecule has 7 atom stereocenters. The second-order valence-electron chi connectivity index (χ2n) is 6.40. The van der Waals surface area contributed by atoms with Gasteiger partial charge in [-0.25, -0.2) is 0 Å². The van der Waals surface area contributed by atoms with Crippen molar-refractivity contribution >= 4 is 0 Å². The van der Waals surface area contributed by atoms with Crippen molar-refractivity contribution in [2.24, 2.45) is 40.9 Å². The van der Waals surface area contributed by atoms with Gasteiger partial charge in [0.05, 0.1) is 0 Å². The third-order valence-corrected chi connectivity index (χ3v) is 5.98. The van der Waals surface area contributed by atoms with E-state index in [0.29, 0.717) is 0 Å². The van der Waals surface area contributed by atoms with E-state index in [1.54, 1.807) is 32.1 Å². The molecule has 0 amide bonds. The van der Waals surface area contributed by atoms with Crippen molar-refractivity contribution in [3.05, 3.63) is 0 Å². The summed E-state index contributed by atoms with van der Waals surface area (Å²) < 4.78 is 0. The molecule has 0 aromatic heterocycles. The summed E-state index contributed by atoms with van der Waals surface area (Å²) in [6.45, 7) is 0. The van der Waals surface area contributed by atoms with Crippen molar-refractivity contribution in [2.75, 3.05) is 0 Å². The largest absolute Gasteiger partial charge is 0.0468 e. The fourth-order valence-corrected chi connectivity index (χ4v) is 4.97. The molecule has 5 fully saturated rings. The van der Waals surface area contributed by atoms with Crippen LogP contribution in [-0.4, -0.2) is 0 Å². The van der Waals surface area contributed by atoms with Crippen LogP contribution in [0.1, 0.15) is 32.1 Å². The van der Waals surface area contributed by atoms with Gasteiger partial charge in [0.2, 0.25) is 0 Å². The molecular weight excluding hydrogens is 144 g/mol. The first-order valence-corrected chi connectivity index (χ1v) is 5.88. The Balaban J connectivity index is 1.58.